The van der Waals surface area contributed by atoms with Crippen molar-refractivity contribution in [1.29, 1.82) is 0 Å². The lowest BCUT2D eigenvalue weighted by molar-refractivity contribution is -0.219. The van der Waals surface area contributed by atoms with Gasteiger partial charge in [0.15, 0.2) is 5.79 Å². The minimum absolute atomic E-state index is 0.129. The van der Waals surface area contributed by atoms with E-state index in [0.717, 1.165) is 25.8 Å². The molecule has 1 spiro atoms. The molecule has 0 radical (unpaired) electrons. The molecule has 1 aliphatic heterocycles. The van der Waals surface area contributed by atoms with Gasteiger partial charge in [0.1, 0.15) is 0 Å². The fraction of sp³-hybridized carbons (Fsp3) is 1.00. The second-order valence-electron chi connectivity index (χ2n) is 6.28. The zero-order valence-electron chi connectivity index (χ0n) is 12.1. The molecule has 2 unspecified atom stereocenters. The van der Waals surface area contributed by atoms with E-state index < -0.39 is 0 Å². The van der Waals surface area contributed by atoms with Crippen molar-refractivity contribution in [2.45, 2.75) is 70.5 Å². The summed E-state index contributed by atoms with van der Waals surface area (Å²) < 4.78 is 17.9. The van der Waals surface area contributed by atoms with E-state index in [4.69, 9.17) is 14.2 Å². The zero-order valence-corrected chi connectivity index (χ0v) is 12.1. The highest BCUT2D eigenvalue weighted by atomic mass is 16.7. The predicted octanol–water partition coefficient (Wildman–Crippen LogP) is 2.08. The molecule has 1 saturated carbocycles. The molecule has 0 bridgehead atoms. The standard InChI is InChI=1S/C14H27NO3/c1-5-15-11-6-7-14(16-8-9-17-14)10-12(11)18-13(2,3)4/h11-12,15H,5-10H2,1-4H3. The first-order valence-electron chi connectivity index (χ1n) is 7.13. The van der Waals surface area contributed by atoms with Gasteiger partial charge in [-0.3, -0.25) is 0 Å². The summed E-state index contributed by atoms with van der Waals surface area (Å²) in [6.45, 7) is 10.9. The first-order valence-corrected chi connectivity index (χ1v) is 7.13. The SMILES string of the molecule is CCNC1CCC2(CC1OC(C)(C)C)OCCO2. The second kappa shape index (κ2) is 5.45. The smallest absolute Gasteiger partial charge is 0.171 e. The van der Waals surface area contributed by atoms with Gasteiger partial charge in [-0.1, -0.05) is 6.92 Å². The molecule has 0 amide bonds. The Labute approximate surface area is 110 Å². The maximum absolute atomic E-state index is 6.21. The van der Waals surface area contributed by atoms with Crippen LogP contribution in [0.25, 0.3) is 0 Å². The molecule has 2 aliphatic rings. The Kier molecular flexibility index (Phi) is 4.32. The van der Waals surface area contributed by atoms with Crippen molar-refractivity contribution in [2.24, 2.45) is 0 Å². The van der Waals surface area contributed by atoms with Crippen LogP contribution in [0, 0.1) is 0 Å². The molecule has 18 heavy (non-hydrogen) atoms. The van der Waals surface area contributed by atoms with Gasteiger partial charge in [-0.15, -0.1) is 0 Å². The van der Waals surface area contributed by atoms with E-state index >= 15 is 0 Å². The van der Waals surface area contributed by atoms with Crippen molar-refractivity contribution >= 4 is 0 Å². The summed E-state index contributed by atoms with van der Waals surface area (Å²) in [5, 5.41) is 3.53. The largest absolute Gasteiger partial charge is 0.371 e. The van der Waals surface area contributed by atoms with Crippen molar-refractivity contribution in [3.05, 3.63) is 0 Å². The maximum Gasteiger partial charge on any atom is 0.171 e. The molecule has 4 nitrogen and oxygen atoms in total. The van der Waals surface area contributed by atoms with Crippen LogP contribution in [0.4, 0.5) is 0 Å². The van der Waals surface area contributed by atoms with E-state index in [2.05, 4.69) is 33.0 Å². The van der Waals surface area contributed by atoms with E-state index in [0.29, 0.717) is 19.3 Å². The number of likely N-dealkylation sites (N-methyl/N-ethyl adjacent to an activating group) is 1. The Balaban J connectivity index is 2.03. The van der Waals surface area contributed by atoms with Crippen LogP contribution in [0.1, 0.15) is 47.0 Å². The lowest BCUT2D eigenvalue weighted by atomic mass is 9.87. The summed E-state index contributed by atoms with van der Waals surface area (Å²) in [5.41, 5.74) is -0.129. The minimum atomic E-state index is -0.373. The minimum Gasteiger partial charge on any atom is -0.371 e. The topological polar surface area (TPSA) is 39.7 Å². The van der Waals surface area contributed by atoms with E-state index in [9.17, 15) is 0 Å². The van der Waals surface area contributed by atoms with Crippen molar-refractivity contribution in [2.75, 3.05) is 19.8 Å². The summed E-state index contributed by atoms with van der Waals surface area (Å²) in [5.74, 6) is -0.373. The molecule has 2 atom stereocenters. The van der Waals surface area contributed by atoms with Crippen LogP contribution < -0.4 is 5.32 Å². The number of hydrogen-bond acceptors (Lipinski definition) is 4. The normalized spacial score (nSPS) is 32.0. The molecule has 2 rings (SSSR count). The maximum atomic E-state index is 6.21. The van der Waals surface area contributed by atoms with Gasteiger partial charge >= 0.3 is 0 Å². The van der Waals surface area contributed by atoms with Gasteiger partial charge in [-0.05, 0) is 33.7 Å². The van der Waals surface area contributed by atoms with Crippen LogP contribution in [0.15, 0.2) is 0 Å². The van der Waals surface area contributed by atoms with Gasteiger partial charge < -0.3 is 19.5 Å². The number of ether oxygens (including phenoxy) is 3. The molecule has 1 heterocycles. The average Bonchev–Trinajstić information content (AvgIpc) is 2.69. The van der Waals surface area contributed by atoms with Crippen LogP contribution in [-0.4, -0.2) is 43.3 Å². The third-order valence-corrected chi connectivity index (χ3v) is 3.58. The molecule has 1 aliphatic carbocycles. The zero-order chi connectivity index (χ0) is 13.2. The monoisotopic (exact) mass is 257 g/mol. The fourth-order valence-corrected chi connectivity index (χ4v) is 2.94. The summed E-state index contributed by atoms with van der Waals surface area (Å²) in [6, 6.07) is 0.410. The quantitative estimate of drug-likeness (QED) is 0.840. The molecule has 0 aromatic carbocycles. The Morgan fingerprint density at radius 1 is 1.28 bits per heavy atom. The fourth-order valence-electron chi connectivity index (χ4n) is 2.94. The summed E-state index contributed by atoms with van der Waals surface area (Å²) in [4.78, 5) is 0. The van der Waals surface area contributed by atoms with Crippen LogP contribution in [-0.2, 0) is 14.2 Å². The lowest BCUT2D eigenvalue weighted by Gasteiger charge is -2.43. The third kappa shape index (κ3) is 3.44. The molecule has 1 saturated heterocycles. The van der Waals surface area contributed by atoms with Gasteiger partial charge in [-0.2, -0.15) is 0 Å². The van der Waals surface area contributed by atoms with Crippen LogP contribution in [0.5, 0.6) is 0 Å². The highest BCUT2D eigenvalue weighted by Crippen LogP contribution is 2.38. The summed E-state index contributed by atoms with van der Waals surface area (Å²) >= 11 is 0. The van der Waals surface area contributed by atoms with E-state index in [1.165, 1.54) is 0 Å². The van der Waals surface area contributed by atoms with Gasteiger partial charge in [-0.25, -0.2) is 0 Å². The first-order chi connectivity index (χ1) is 8.44. The summed E-state index contributed by atoms with van der Waals surface area (Å²) in [7, 11) is 0. The van der Waals surface area contributed by atoms with Gasteiger partial charge in [0.05, 0.1) is 24.9 Å². The van der Waals surface area contributed by atoms with Crippen LogP contribution >= 0.6 is 0 Å². The highest BCUT2D eigenvalue weighted by molar-refractivity contribution is 4.93. The van der Waals surface area contributed by atoms with E-state index in [1.54, 1.807) is 0 Å². The second-order valence-corrected chi connectivity index (χ2v) is 6.28. The van der Waals surface area contributed by atoms with E-state index in [-0.39, 0.29) is 17.5 Å². The van der Waals surface area contributed by atoms with Crippen molar-refractivity contribution < 1.29 is 14.2 Å². The molecule has 1 N–H and O–H groups in total. The number of rotatable bonds is 3. The average molecular weight is 257 g/mol. The molecular formula is C14H27NO3. The lowest BCUT2D eigenvalue weighted by Crippen LogP contribution is -2.53. The van der Waals surface area contributed by atoms with Crippen LogP contribution in [0.3, 0.4) is 0 Å². The summed E-state index contributed by atoms with van der Waals surface area (Å²) in [6.07, 6.45) is 3.02. The van der Waals surface area contributed by atoms with Crippen molar-refractivity contribution in [1.82, 2.24) is 5.32 Å². The van der Waals surface area contributed by atoms with Gasteiger partial charge in [0.25, 0.3) is 0 Å². The van der Waals surface area contributed by atoms with Crippen molar-refractivity contribution in [3.63, 3.8) is 0 Å². The van der Waals surface area contributed by atoms with Crippen LogP contribution in [0.2, 0.25) is 0 Å². The molecule has 106 valence electrons. The molecule has 2 fully saturated rings. The molecule has 4 heteroatoms. The van der Waals surface area contributed by atoms with Crippen molar-refractivity contribution in [3.8, 4) is 0 Å². The Morgan fingerprint density at radius 3 is 2.50 bits per heavy atom. The molecular weight excluding hydrogens is 230 g/mol. The number of nitrogens with one attached hydrogen (secondary N) is 1. The van der Waals surface area contributed by atoms with Gasteiger partial charge in [0, 0.05) is 18.9 Å². The Hall–Kier alpha value is -0.160. The van der Waals surface area contributed by atoms with Gasteiger partial charge in [0.2, 0.25) is 0 Å². The van der Waals surface area contributed by atoms with E-state index in [1.807, 2.05) is 0 Å². The molecule has 0 aromatic rings. The Bertz CT molecular complexity index is 269. The predicted molar refractivity (Wildman–Crippen MR) is 70.6 cm³/mol. The molecule has 0 aromatic heterocycles. The number of hydrogen-bond donors (Lipinski definition) is 1. The highest BCUT2D eigenvalue weighted by Gasteiger charge is 2.46. The first kappa shape index (κ1) is 14.3. The Morgan fingerprint density at radius 2 is 1.94 bits per heavy atom. The third-order valence-electron chi connectivity index (χ3n) is 3.58.